The van der Waals surface area contributed by atoms with Gasteiger partial charge in [0.05, 0.1) is 19.8 Å². The minimum Gasteiger partial charge on any atom is -0.462 e. The van der Waals surface area contributed by atoms with Crippen molar-refractivity contribution < 1.29 is 52.2 Å². The minimum absolute atomic E-state index is 0.154. The van der Waals surface area contributed by atoms with E-state index in [1.165, 1.54) is 64.2 Å². The van der Waals surface area contributed by atoms with Gasteiger partial charge in [-0.05, 0) is 103 Å². The zero-order chi connectivity index (χ0) is 52.7. The van der Waals surface area contributed by atoms with Crippen LogP contribution in [0.4, 0.5) is 0 Å². The molecule has 0 bridgehead atoms. The summed E-state index contributed by atoms with van der Waals surface area (Å²) in [6.07, 6.45) is 60.0. The Labute approximate surface area is 439 Å². The quantitative estimate of drug-likeness (QED) is 0.0197. The van der Waals surface area contributed by atoms with Gasteiger partial charge < -0.3 is 24.2 Å². The van der Waals surface area contributed by atoms with Crippen LogP contribution in [0.3, 0.4) is 0 Å². The number of carbonyl (C=O) groups excluding carboxylic acids is 3. The number of aliphatic hydroxyl groups is 1. The number of carbonyl (C=O) groups is 3. The first-order valence-corrected chi connectivity index (χ1v) is 30.3. The van der Waals surface area contributed by atoms with Crippen LogP contribution in [0, 0.1) is 0 Å². The number of ether oxygens (including phenoxy) is 3. The Morgan fingerprint density at radius 1 is 0.403 bits per heavy atom. The van der Waals surface area contributed by atoms with Gasteiger partial charge in [0.2, 0.25) is 0 Å². The van der Waals surface area contributed by atoms with E-state index in [-0.39, 0.29) is 25.9 Å². The summed E-state index contributed by atoms with van der Waals surface area (Å²) in [5.41, 5.74) is 0. The largest absolute Gasteiger partial charge is 0.472 e. The highest BCUT2D eigenvalue weighted by Gasteiger charge is 2.28. The van der Waals surface area contributed by atoms with Crippen LogP contribution in [0.25, 0.3) is 0 Å². The summed E-state index contributed by atoms with van der Waals surface area (Å²) in [4.78, 5) is 48.5. The lowest BCUT2D eigenvalue weighted by Crippen LogP contribution is -2.30. The van der Waals surface area contributed by atoms with E-state index < -0.39 is 57.8 Å². The summed E-state index contributed by atoms with van der Waals surface area (Å²) in [5.74, 6) is -1.49. The van der Waals surface area contributed by atoms with Gasteiger partial charge in [0.1, 0.15) is 12.7 Å². The van der Waals surface area contributed by atoms with Crippen molar-refractivity contribution in [3.8, 4) is 0 Å². The highest BCUT2D eigenvalue weighted by molar-refractivity contribution is 7.47. The molecule has 0 spiro atoms. The van der Waals surface area contributed by atoms with Gasteiger partial charge in [-0.25, -0.2) is 4.57 Å². The van der Waals surface area contributed by atoms with Crippen LogP contribution >= 0.6 is 7.82 Å². The highest BCUT2D eigenvalue weighted by atomic mass is 31.2. The van der Waals surface area contributed by atoms with Gasteiger partial charge in [0.15, 0.2) is 6.10 Å². The van der Waals surface area contributed by atoms with E-state index in [0.717, 1.165) is 128 Å². The number of unbranched alkanes of at least 4 members (excludes halogenated alkanes) is 24. The summed E-state index contributed by atoms with van der Waals surface area (Å²) < 4.78 is 39.5. The Bertz CT molecular complexity index is 1490. The molecule has 0 heterocycles. The van der Waals surface area contributed by atoms with Crippen molar-refractivity contribution in [3.05, 3.63) is 72.9 Å². The molecule has 0 aromatic carbocycles. The molecule has 0 aliphatic rings. The molecule has 0 aromatic rings. The fraction of sp³-hybridized carbons (Fsp3) is 0.750. The maximum Gasteiger partial charge on any atom is 0.472 e. The van der Waals surface area contributed by atoms with E-state index >= 15 is 0 Å². The van der Waals surface area contributed by atoms with Crippen LogP contribution < -0.4 is 0 Å². The molecule has 2 N–H and O–H groups in total. The molecule has 0 aliphatic carbocycles. The summed E-state index contributed by atoms with van der Waals surface area (Å²) in [5, 5.41) is 9.79. The van der Waals surface area contributed by atoms with E-state index in [1.54, 1.807) is 0 Å². The smallest absolute Gasteiger partial charge is 0.462 e. The Hall–Kier alpha value is -3.08. The van der Waals surface area contributed by atoms with E-state index in [1.807, 2.05) is 0 Å². The molecule has 0 aliphatic heterocycles. The van der Waals surface area contributed by atoms with Crippen molar-refractivity contribution >= 4 is 25.7 Å². The van der Waals surface area contributed by atoms with Crippen molar-refractivity contribution in [2.45, 2.75) is 264 Å². The second-order valence-electron chi connectivity index (χ2n) is 19.1. The third-order valence-electron chi connectivity index (χ3n) is 12.1. The fourth-order valence-electron chi connectivity index (χ4n) is 7.68. The Morgan fingerprint density at radius 2 is 0.736 bits per heavy atom. The van der Waals surface area contributed by atoms with Crippen LogP contribution in [0.15, 0.2) is 72.9 Å². The lowest BCUT2D eigenvalue weighted by atomic mass is 10.1. The predicted molar refractivity (Wildman–Crippen MR) is 298 cm³/mol. The van der Waals surface area contributed by atoms with Crippen molar-refractivity contribution in [2.24, 2.45) is 0 Å². The van der Waals surface area contributed by atoms with Crippen LogP contribution in [0.2, 0.25) is 0 Å². The molecule has 12 heteroatoms. The molecular formula is C60H105O11P. The lowest BCUT2D eigenvalue weighted by molar-refractivity contribution is -0.161. The summed E-state index contributed by atoms with van der Waals surface area (Å²) >= 11 is 0. The molecule has 0 radical (unpaired) electrons. The minimum atomic E-state index is -4.75. The van der Waals surface area contributed by atoms with Crippen LogP contribution in [0.1, 0.15) is 252 Å². The third kappa shape index (κ3) is 51.8. The SMILES string of the molecule is CC/C=C\C/C=C\C/C=C\CCCCCCCCCC(=O)OCC(COP(=O)(O)OCC(CO)OC(=O)CCCCCCC/C=C\CCCC)OC(=O)CCCCCCCCC/C=C\C/C=C\CCCCC. The number of phosphoric ester groups is 1. The average molecular weight is 1030 g/mol. The van der Waals surface area contributed by atoms with Gasteiger partial charge in [0.25, 0.3) is 0 Å². The van der Waals surface area contributed by atoms with Crippen molar-refractivity contribution in [2.75, 3.05) is 26.4 Å². The van der Waals surface area contributed by atoms with E-state index in [0.29, 0.717) is 19.3 Å². The second kappa shape index (κ2) is 54.2. The molecule has 11 nitrogen and oxygen atoms in total. The van der Waals surface area contributed by atoms with Gasteiger partial charge in [0, 0.05) is 19.3 Å². The highest BCUT2D eigenvalue weighted by Crippen LogP contribution is 2.43. The first-order valence-electron chi connectivity index (χ1n) is 28.8. The van der Waals surface area contributed by atoms with Gasteiger partial charge in [-0.1, -0.05) is 203 Å². The molecule has 0 saturated heterocycles. The zero-order valence-corrected chi connectivity index (χ0v) is 46.8. The Kier molecular flexibility index (Phi) is 51.9. The number of esters is 3. The maximum atomic E-state index is 12.9. The molecule has 0 saturated carbocycles. The molecule has 3 atom stereocenters. The molecule has 0 amide bonds. The topological polar surface area (TPSA) is 155 Å². The molecule has 0 fully saturated rings. The zero-order valence-electron chi connectivity index (χ0n) is 45.9. The number of hydrogen-bond acceptors (Lipinski definition) is 10. The number of hydrogen-bond donors (Lipinski definition) is 2. The molecule has 0 rings (SSSR count). The van der Waals surface area contributed by atoms with Crippen LogP contribution in [-0.2, 0) is 42.2 Å². The van der Waals surface area contributed by atoms with Gasteiger partial charge >= 0.3 is 25.7 Å². The first kappa shape index (κ1) is 68.9. The van der Waals surface area contributed by atoms with Crippen molar-refractivity contribution in [1.82, 2.24) is 0 Å². The van der Waals surface area contributed by atoms with Gasteiger partial charge in [-0.15, -0.1) is 0 Å². The molecule has 416 valence electrons. The van der Waals surface area contributed by atoms with Crippen LogP contribution in [0.5, 0.6) is 0 Å². The summed E-state index contributed by atoms with van der Waals surface area (Å²) in [6.45, 7) is 4.45. The number of phosphoric acid groups is 1. The first-order chi connectivity index (χ1) is 35.2. The Balaban J connectivity index is 4.76. The Morgan fingerprint density at radius 3 is 1.17 bits per heavy atom. The number of allylic oxidation sites excluding steroid dienone is 12. The molecular weight excluding hydrogens is 928 g/mol. The normalized spacial score (nSPS) is 13.9. The van der Waals surface area contributed by atoms with Crippen LogP contribution in [-0.4, -0.2) is 66.5 Å². The third-order valence-corrected chi connectivity index (χ3v) is 13.0. The number of aliphatic hydroxyl groups excluding tert-OH is 1. The molecule has 0 aromatic heterocycles. The predicted octanol–water partition coefficient (Wildman–Crippen LogP) is 16.9. The van der Waals surface area contributed by atoms with Crippen molar-refractivity contribution in [3.63, 3.8) is 0 Å². The maximum absolute atomic E-state index is 12.9. The van der Waals surface area contributed by atoms with Gasteiger partial charge in [-0.2, -0.15) is 0 Å². The van der Waals surface area contributed by atoms with E-state index in [9.17, 15) is 28.9 Å². The van der Waals surface area contributed by atoms with E-state index in [4.69, 9.17) is 23.3 Å². The lowest BCUT2D eigenvalue weighted by Gasteiger charge is -2.21. The van der Waals surface area contributed by atoms with E-state index in [2.05, 4.69) is 93.7 Å². The van der Waals surface area contributed by atoms with Crippen molar-refractivity contribution in [1.29, 1.82) is 0 Å². The average Bonchev–Trinajstić information content (AvgIpc) is 3.37. The standard InChI is InChI=1S/C60H105O11P/c1-4-7-10-13-16-19-22-24-26-28-30-32-35-37-40-43-46-49-58(62)67-53-57(71-60(64)51-48-45-42-39-36-33-31-29-27-25-23-20-17-14-11-8-5-2)55-69-72(65,66)68-54-56(52-61)70-59(63)50-47-44-41-38-34-21-18-15-12-9-6-3/h7,10,15-20,24-27,56-57,61H,4-6,8-9,11-14,21-23,28-55H2,1-3H3,(H,65,66)/b10-7-,18-15-,19-16-,20-17-,26-24-,27-25-. The molecule has 72 heavy (non-hydrogen) atoms. The monoisotopic (exact) mass is 1030 g/mol. The summed E-state index contributed by atoms with van der Waals surface area (Å²) in [7, 11) is -4.75. The molecule has 3 unspecified atom stereocenters. The fourth-order valence-corrected chi connectivity index (χ4v) is 8.46. The number of rotatable bonds is 53. The second-order valence-corrected chi connectivity index (χ2v) is 20.5. The van der Waals surface area contributed by atoms with Gasteiger partial charge in [-0.3, -0.25) is 23.4 Å². The summed E-state index contributed by atoms with van der Waals surface area (Å²) in [6, 6.07) is 0.